The van der Waals surface area contributed by atoms with Crippen LogP contribution in [0, 0.1) is 11.3 Å². The van der Waals surface area contributed by atoms with E-state index in [1.165, 1.54) is 0 Å². The first-order valence-electron chi connectivity index (χ1n) is 5.89. The second kappa shape index (κ2) is 7.53. The molecule has 4 nitrogen and oxygen atoms in total. The largest absolute Gasteiger partial charge is 0.397 e. The van der Waals surface area contributed by atoms with E-state index in [0.29, 0.717) is 17.9 Å². The van der Waals surface area contributed by atoms with Gasteiger partial charge in [0.05, 0.1) is 29.6 Å². The van der Waals surface area contributed by atoms with Crippen molar-refractivity contribution < 1.29 is 4.74 Å². The number of nitrogens with one attached hydrogen (secondary N) is 1. The lowest BCUT2D eigenvalue weighted by atomic mass is 10.2. The fourth-order valence-electron chi connectivity index (χ4n) is 1.40. The first-order chi connectivity index (χ1) is 8.27. The van der Waals surface area contributed by atoms with Gasteiger partial charge in [-0.15, -0.1) is 0 Å². The maximum absolute atomic E-state index is 8.70. The molecule has 0 aromatic heterocycles. The molecule has 0 unspecified atom stereocenters. The predicted molar refractivity (Wildman–Crippen MR) is 69.8 cm³/mol. The van der Waals surface area contributed by atoms with Crippen molar-refractivity contribution in [2.75, 3.05) is 30.8 Å². The van der Waals surface area contributed by atoms with Crippen LogP contribution in [0.2, 0.25) is 0 Å². The van der Waals surface area contributed by atoms with Gasteiger partial charge in [-0.3, -0.25) is 0 Å². The Bertz CT molecular complexity index is 385. The average molecular weight is 233 g/mol. The van der Waals surface area contributed by atoms with Crippen LogP contribution < -0.4 is 11.1 Å². The topological polar surface area (TPSA) is 71.1 Å². The second-order valence-corrected chi connectivity index (χ2v) is 3.81. The molecule has 0 radical (unpaired) electrons. The zero-order valence-corrected chi connectivity index (χ0v) is 10.2. The Balaban J connectivity index is 2.30. The Morgan fingerprint density at radius 1 is 1.41 bits per heavy atom. The van der Waals surface area contributed by atoms with E-state index < -0.39 is 0 Å². The Morgan fingerprint density at radius 3 is 2.88 bits per heavy atom. The van der Waals surface area contributed by atoms with Gasteiger partial charge in [0.25, 0.3) is 0 Å². The van der Waals surface area contributed by atoms with Gasteiger partial charge in [-0.05, 0) is 24.6 Å². The smallest absolute Gasteiger partial charge is 0.0992 e. The third-order valence-electron chi connectivity index (χ3n) is 2.38. The van der Waals surface area contributed by atoms with E-state index in [1.807, 2.05) is 6.07 Å². The van der Waals surface area contributed by atoms with Crippen LogP contribution in [0.3, 0.4) is 0 Å². The van der Waals surface area contributed by atoms with Gasteiger partial charge in [0, 0.05) is 13.2 Å². The van der Waals surface area contributed by atoms with E-state index in [-0.39, 0.29) is 0 Å². The number of nitrogens with zero attached hydrogens (tertiary/aromatic N) is 1. The molecule has 1 rings (SSSR count). The van der Waals surface area contributed by atoms with Crippen molar-refractivity contribution in [2.45, 2.75) is 19.8 Å². The highest BCUT2D eigenvalue weighted by Gasteiger charge is 1.99. The van der Waals surface area contributed by atoms with Crippen molar-refractivity contribution in [3.63, 3.8) is 0 Å². The maximum atomic E-state index is 8.70. The number of rotatable bonds is 7. The number of hydrogen-bond acceptors (Lipinski definition) is 4. The summed E-state index contributed by atoms with van der Waals surface area (Å²) in [5.74, 6) is 0. The van der Waals surface area contributed by atoms with Crippen LogP contribution in [-0.4, -0.2) is 19.8 Å². The third kappa shape index (κ3) is 4.75. The molecule has 0 aliphatic heterocycles. The van der Waals surface area contributed by atoms with Gasteiger partial charge in [-0.2, -0.15) is 5.26 Å². The highest BCUT2D eigenvalue weighted by Crippen LogP contribution is 2.18. The summed E-state index contributed by atoms with van der Waals surface area (Å²) in [7, 11) is 0. The Kier molecular flexibility index (Phi) is 5.91. The molecule has 3 N–H and O–H groups in total. The summed E-state index contributed by atoms with van der Waals surface area (Å²) >= 11 is 0. The summed E-state index contributed by atoms with van der Waals surface area (Å²) in [5.41, 5.74) is 7.83. The lowest BCUT2D eigenvalue weighted by molar-refractivity contribution is 0.141. The van der Waals surface area contributed by atoms with Crippen LogP contribution >= 0.6 is 0 Å². The molecule has 0 aliphatic rings. The fraction of sp³-hybridized carbons (Fsp3) is 0.462. The van der Waals surface area contributed by atoms with E-state index in [4.69, 9.17) is 15.7 Å². The highest BCUT2D eigenvalue weighted by atomic mass is 16.5. The van der Waals surface area contributed by atoms with E-state index >= 15 is 0 Å². The molecule has 1 aromatic carbocycles. The van der Waals surface area contributed by atoms with Crippen molar-refractivity contribution in [1.29, 1.82) is 5.26 Å². The van der Waals surface area contributed by atoms with Crippen LogP contribution in [0.25, 0.3) is 0 Å². The van der Waals surface area contributed by atoms with Crippen molar-refractivity contribution in [3.8, 4) is 6.07 Å². The summed E-state index contributed by atoms with van der Waals surface area (Å²) in [6, 6.07) is 7.29. The van der Waals surface area contributed by atoms with E-state index in [1.54, 1.807) is 12.1 Å². The maximum Gasteiger partial charge on any atom is 0.0992 e. The molecule has 0 amide bonds. The molecule has 1 aromatic rings. The normalized spacial score (nSPS) is 9.88. The SMILES string of the molecule is CCCCOCCNc1ccc(C#N)cc1N. The molecule has 0 saturated carbocycles. The minimum Gasteiger partial charge on any atom is -0.397 e. The summed E-state index contributed by atoms with van der Waals surface area (Å²) < 4.78 is 5.42. The standard InChI is InChI=1S/C13H19N3O/c1-2-3-7-17-8-6-16-13-5-4-11(10-14)9-12(13)15/h4-5,9,16H,2-3,6-8,15H2,1H3. The second-order valence-electron chi connectivity index (χ2n) is 3.81. The molecule has 0 aliphatic carbocycles. The fourth-order valence-corrected chi connectivity index (χ4v) is 1.40. The van der Waals surface area contributed by atoms with Crippen LogP contribution in [0.5, 0.6) is 0 Å². The number of ether oxygens (including phenoxy) is 1. The van der Waals surface area contributed by atoms with Gasteiger partial charge in [0.1, 0.15) is 0 Å². The molecule has 17 heavy (non-hydrogen) atoms. The number of benzene rings is 1. The van der Waals surface area contributed by atoms with Crippen molar-refractivity contribution in [1.82, 2.24) is 0 Å². The Hall–Kier alpha value is -1.73. The minimum absolute atomic E-state index is 0.576. The summed E-state index contributed by atoms with van der Waals surface area (Å²) in [6.07, 6.45) is 2.25. The third-order valence-corrected chi connectivity index (χ3v) is 2.38. The summed E-state index contributed by atoms with van der Waals surface area (Å²) in [6.45, 7) is 4.33. The lowest BCUT2D eigenvalue weighted by Crippen LogP contribution is -2.11. The number of nitrogens with two attached hydrogens (primary N) is 1. The van der Waals surface area contributed by atoms with Gasteiger partial charge in [0.2, 0.25) is 0 Å². The predicted octanol–water partition coefficient (Wildman–Crippen LogP) is 2.37. The van der Waals surface area contributed by atoms with Crippen LogP contribution in [0.15, 0.2) is 18.2 Å². The monoisotopic (exact) mass is 233 g/mol. The Morgan fingerprint density at radius 2 is 2.24 bits per heavy atom. The number of unbranched alkanes of at least 4 members (excludes halogenated alkanes) is 1. The molecule has 4 heteroatoms. The lowest BCUT2D eigenvalue weighted by Gasteiger charge is -2.09. The molecule has 0 spiro atoms. The van der Waals surface area contributed by atoms with Gasteiger partial charge in [-0.25, -0.2) is 0 Å². The minimum atomic E-state index is 0.576. The number of anilines is 2. The first kappa shape index (κ1) is 13.3. The molecule has 0 bridgehead atoms. The Labute approximate surface area is 102 Å². The van der Waals surface area contributed by atoms with Crippen LogP contribution in [-0.2, 0) is 4.74 Å². The van der Waals surface area contributed by atoms with E-state index in [0.717, 1.165) is 31.7 Å². The molecule has 0 atom stereocenters. The highest BCUT2D eigenvalue weighted by molar-refractivity contribution is 5.68. The molecular weight excluding hydrogens is 214 g/mol. The van der Waals surface area contributed by atoms with Crippen LogP contribution in [0.1, 0.15) is 25.3 Å². The van der Waals surface area contributed by atoms with Crippen molar-refractivity contribution in [2.24, 2.45) is 0 Å². The quantitative estimate of drug-likeness (QED) is 0.560. The molecular formula is C13H19N3O. The first-order valence-corrected chi connectivity index (χ1v) is 5.89. The van der Waals surface area contributed by atoms with Gasteiger partial charge >= 0.3 is 0 Å². The zero-order chi connectivity index (χ0) is 12.5. The molecule has 0 saturated heterocycles. The number of nitriles is 1. The molecule has 92 valence electrons. The van der Waals surface area contributed by atoms with Crippen molar-refractivity contribution >= 4 is 11.4 Å². The van der Waals surface area contributed by atoms with Gasteiger partial charge < -0.3 is 15.8 Å². The van der Waals surface area contributed by atoms with E-state index in [2.05, 4.69) is 18.3 Å². The van der Waals surface area contributed by atoms with Gasteiger partial charge in [-0.1, -0.05) is 13.3 Å². The summed E-state index contributed by atoms with van der Waals surface area (Å²) in [4.78, 5) is 0. The number of hydrogen-bond donors (Lipinski definition) is 2. The summed E-state index contributed by atoms with van der Waals surface area (Å²) in [5, 5.41) is 11.9. The van der Waals surface area contributed by atoms with Crippen LogP contribution in [0.4, 0.5) is 11.4 Å². The van der Waals surface area contributed by atoms with E-state index in [9.17, 15) is 0 Å². The zero-order valence-electron chi connectivity index (χ0n) is 10.2. The van der Waals surface area contributed by atoms with Crippen molar-refractivity contribution in [3.05, 3.63) is 23.8 Å². The number of nitrogen functional groups attached to an aromatic ring is 1. The van der Waals surface area contributed by atoms with Gasteiger partial charge in [0.15, 0.2) is 0 Å². The average Bonchev–Trinajstić information content (AvgIpc) is 2.35. The molecule has 0 heterocycles. The molecule has 0 fully saturated rings.